The van der Waals surface area contributed by atoms with Crippen molar-refractivity contribution in [3.63, 3.8) is 0 Å². The molecule has 0 saturated carbocycles. The first kappa shape index (κ1) is 31.5. The molecule has 0 aliphatic carbocycles. The molecule has 1 spiro atoms. The zero-order chi connectivity index (χ0) is 35.0. The SMILES string of the molecule is CCOP(=O)(CCCNc1c(F)c(F)c(C2=c3ccc4n3C35n6c(ccc62)C(C)=C2C=CC(=[N+]23)C(C)=C2C=CC(=[N+]25)C=4C)c(F)c1F)OCC. The quantitative estimate of drug-likeness (QED) is 0.0947. The zero-order valence-corrected chi connectivity index (χ0v) is 29.0. The van der Waals surface area contributed by atoms with Gasteiger partial charge in [-0.2, -0.15) is 9.13 Å². The Morgan fingerprint density at radius 3 is 1.96 bits per heavy atom. The molecular formula is C37H34F4N5O3P+2. The molecule has 1 aromatic carbocycles. The maximum absolute atomic E-state index is 16.5. The van der Waals surface area contributed by atoms with Crippen LogP contribution < -0.4 is 16.0 Å². The second kappa shape index (κ2) is 10.5. The lowest BCUT2D eigenvalue weighted by atomic mass is 9.96. The topological polar surface area (TPSA) is 63.4 Å². The van der Waals surface area contributed by atoms with Crippen LogP contribution in [0.3, 0.4) is 0 Å². The summed E-state index contributed by atoms with van der Waals surface area (Å²) < 4.78 is 96.8. The van der Waals surface area contributed by atoms with Crippen molar-refractivity contribution in [3.8, 4) is 0 Å². The van der Waals surface area contributed by atoms with Crippen LogP contribution in [0, 0.1) is 23.3 Å². The molecule has 0 fully saturated rings. The third-order valence-corrected chi connectivity index (χ3v) is 12.8. The Kier molecular flexibility index (Phi) is 6.61. The van der Waals surface area contributed by atoms with Crippen LogP contribution in [-0.4, -0.2) is 55.6 Å². The number of hydrogen-bond acceptors (Lipinski definition) is 4. The largest absolute Gasteiger partial charge is 0.553 e. The number of benzene rings is 1. The summed E-state index contributed by atoms with van der Waals surface area (Å²) in [6, 6.07) is 7.37. The lowest BCUT2D eigenvalue weighted by molar-refractivity contribution is -0.837. The highest BCUT2D eigenvalue weighted by atomic mass is 31.2. The van der Waals surface area contributed by atoms with Gasteiger partial charge in [-0.15, -0.1) is 0 Å². The number of nitrogens with one attached hydrogen (secondary N) is 1. The molecule has 0 bridgehead atoms. The fourth-order valence-electron chi connectivity index (χ4n) is 8.62. The molecule has 9 rings (SSSR count). The van der Waals surface area contributed by atoms with Gasteiger partial charge in [-0.3, -0.25) is 4.57 Å². The predicted molar refractivity (Wildman–Crippen MR) is 181 cm³/mol. The number of rotatable bonds is 10. The number of halogens is 4. The van der Waals surface area contributed by atoms with E-state index in [1.54, 1.807) is 26.0 Å². The number of anilines is 1. The van der Waals surface area contributed by atoms with Crippen LogP contribution in [0.25, 0.3) is 16.7 Å². The van der Waals surface area contributed by atoms with Gasteiger partial charge in [-0.25, -0.2) is 17.6 Å². The molecule has 50 heavy (non-hydrogen) atoms. The second-order valence-electron chi connectivity index (χ2n) is 13.1. The highest BCUT2D eigenvalue weighted by Gasteiger charge is 2.72. The van der Waals surface area contributed by atoms with Gasteiger partial charge in [0, 0.05) is 47.6 Å². The fourth-order valence-corrected chi connectivity index (χ4v) is 10.3. The molecule has 8 nitrogen and oxygen atoms in total. The average molecular weight is 704 g/mol. The first-order valence-electron chi connectivity index (χ1n) is 16.8. The molecule has 6 aliphatic rings. The summed E-state index contributed by atoms with van der Waals surface area (Å²) in [5, 5.41) is 3.74. The predicted octanol–water partition coefficient (Wildman–Crippen LogP) is 5.85. The Balaban J connectivity index is 1.25. The van der Waals surface area contributed by atoms with E-state index in [9.17, 15) is 4.57 Å². The van der Waals surface area contributed by atoms with Crippen LogP contribution in [0.2, 0.25) is 0 Å². The standard InChI is InChI=1S/C37H33F4N5O3P/c1-6-48-50(47,49-7-2)18-8-17-42-36-34(40)32(38)31(33(39)35(36)41)30-28-15-13-26-20(4)24-11-9-22-19(3)23-10-12-25-21(5)27-14-16-29(30)46(27)37(43(22)24,44(23)25)45(26)28/h9-16H,6-8,17-18H2,1-5H3/q+1/p+1. The van der Waals surface area contributed by atoms with Gasteiger partial charge in [0.15, 0.2) is 23.3 Å². The molecule has 3 aromatic rings. The van der Waals surface area contributed by atoms with Crippen molar-refractivity contribution in [2.75, 3.05) is 31.2 Å². The zero-order valence-electron chi connectivity index (χ0n) is 28.1. The minimum Gasteiger partial charge on any atom is -0.380 e. The molecule has 0 saturated heterocycles. The summed E-state index contributed by atoms with van der Waals surface area (Å²) >= 11 is 0. The minimum atomic E-state index is -3.41. The van der Waals surface area contributed by atoms with Crippen molar-refractivity contribution in [3.05, 3.63) is 116 Å². The molecule has 13 heteroatoms. The van der Waals surface area contributed by atoms with E-state index in [1.807, 2.05) is 35.1 Å². The molecule has 8 heterocycles. The maximum Gasteiger partial charge on any atom is 0.553 e. The summed E-state index contributed by atoms with van der Waals surface area (Å²) in [7, 11) is -3.41. The van der Waals surface area contributed by atoms with Crippen LogP contribution in [0.4, 0.5) is 23.2 Å². The number of aromatic nitrogens is 2. The van der Waals surface area contributed by atoms with Crippen molar-refractivity contribution in [1.29, 1.82) is 0 Å². The summed E-state index contributed by atoms with van der Waals surface area (Å²) in [6.45, 7) is 9.66. The Hall–Kier alpha value is -4.51. The highest BCUT2D eigenvalue weighted by Crippen LogP contribution is 2.51. The number of hydrogen-bond donors (Lipinski definition) is 1. The van der Waals surface area contributed by atoms with Crippen LogP contribution >= 0.6 is 7.60 Å². The molecule has 1 unspecified atom stereocenters. The van der Waals surface area contributed by atoms with Gasteiger partial charge in [-0.05, 0) is 65.3 Å². The molecular weight excluding hydrogens is 669 g/mol. The molecule has 6 aliphatic heterocycles. The van der Waals surface area contributed by atoms with E-state index in [0.29, 0.717) is 11.0 Å². The van der Waals surface area contributed by atoms with Gasteiger partial charge in [0.2, 0.25) is 22.8 Å². The maximum atomic E-state index is 16.5. The average Bonchev–Trinajstić information content (AvgIpc) is 3.91. The van der Waals surface area contributed by atoms with Gasteiger partial charge in [-0.1, -0.05) is 9.15 Å². The summed E-state index contributed by atoms with van der Waals surface area (Å²) in [6.07, 6.45) is 8.47. The van der Waals surface area contributed by atoms with Crippen molar-refractivity contribution < 1.29 is 40.3 Å². The van der Waals surface area contributed by atoms with E-state index in [2.05, 4.69) is 45.7 Å². The van der Waals surface area contributed by atoms with Crippen LogP contribution in [0.15, 0.2) is 65.5 Å². The first-order valence-corrected chi connectivity index (χ1v) is 18.5. The van der Waals surface area contributed by atoms with Crippen molar-refractivity contribution in [2.24, 2.45) is 0 Å². The molecule has 256 valence electrons. The van der Waals surface area contributed by atoms with E-state index in [4.69, 9.17) is 9.05 Å². The second-order valence-corrected chi connectivity index (χ2v) is 15.2. The van der Waals surface area contributed by atoms with Crippen LogP contribution in [0.1, 0.15) is 58.0 Å². The van der Waals surface area contributed by atoms with Crippen molar-refractivity contribution >= 4 is 41.4 Å². The third kappa shape index (κ3) is 3.61. The van der Waals surface area contributed by atoms with Crippen LogP contribution in [-0.2, 0) is 19.5 Å². The third-order valence-electron chi connectivity index (χ3n) is 10.6. The van der Waals surface area contributed by atoms with E-state index >= 15 is 17.6 Å². The first-order chi connectivity index (χ1) is 24.0. The van der Waals surface area contributed by atoms with Gasteiger partial charge in [0.05, 0.1) is 52.6 Å². The van der Waals surface area contributed by atoms with E-state index in [0.717, 1.165) is 50.6 Å². The lowest BCUT2D eigenvalue weighted by Gasteiger charge is -2.40. The lowest BCUT2D eigenvalue weighted by Crippen LogP contribution is -2.71. The summed E-state index contributed by atoms with van der Waals surface area (Å²) in [5.41, 5.74) is 6.57. The summed E-state index contributed by atoms with van der Waals surface area (Å²) in [5.74, 6) is -7.18. The van der Waals surface area contributed by atoms with E-state index < -0.39 is 48.0 Å². The molecule has 2 aromatic heterocycles. The molecule has 1 atom stereocenters. The Bertz CT molecular complexity index is 2490. The minimum absolute atomic E-state index is 0.0356. The number of nitrogens with zero attached hydrogens (tertiary/aromatic N) is 4. The number of allylic oxidation sites excluding steroid dienone is 6. The van der Waals surface area contributed by atoms with Crippen LogP contribution in [0.5, 0.6) is 0 Å². The van der Waals surface area contributed by atoms with E-state index in [1.165, 1.54) is 0 Å². The smallest absolute Gasteiger partial charge is 0.380 e. The van der Waals surface area contributed by atoms with Crippen molar-refractivity contribution in [1.82, 2.24) is 9.13 Å². The monoisotopic (exact) mass is 703 g/mol. The highest BCUT2D eigenvalue weighted by molar-refractivity contribution is 7.53. The molecule has 0 amide bonds. The molecule has 0 radical (unpaired) electrons. The van der Waals surface area contributed by atoms with Gasteiger partial charge in [0.1, 0.15) is 5.69 Å². The van der Waals surface area contributed by atoms with Gasteiger partial charge in [0.25, 0.3) is 0 Å². The fraction of sp³-hybridized carbons (Fsp3) is 0.297. The summed E-state index contributed by atoms with van der Waals surface area (Å²) in [4.78, 5) is 0. The van der Waals surface area contributed by atoms with E-state index in [-0.39, 0.29) is 37.9 Å². The van der Waals surface area contributed by atoms with Gasteiger partial charge >= 0.3 is 13.5 Å². The Labute approximate surface area is 285 Å². The Morgan fingerprint density at radius 2 is 1.32 bits per heavy atom. The molecule has 1 N–H and O–H groups in total. The normalized spacial score (nSPS) is 20.7. The Morgan fingerprint density at radius 1 is 0.740 bits per heavy atom. The van der Waals surface area contributed by atoms with Crippen molar-refractivity contribution in [2.45, 2.75) is 47.0 Å². The van der Waals surface area contributed by atoms with Gasteiger partial charge < -0.3 is 14.4 Å².